The van der Waals surface area contributed by atoms with E-state index in [2.05, 4.69) is 24.3 Å². The van der Waals surface area contributed by atoms with Gasteiger partial charge in [0, 0.05) is 23.7 Å². The van der Waals surface area contributed by atoms with Gasteiger partial charge in [-0.15, -0.1) is 11.3 Å². The predicted octanol–water partition coefficient (Wildman–Crippen LogP) is 3.39. The lowest BCUT2D eigenvalue weighted by Gasteiger charge is -2.35. The Bertz CT molecular complexity index is 588. The van der Waals surface area contributed by atoms with Gasteiger partial charge in [-0.05, 0) is 25.7 Å². The first kappa shape index (κ1) is 13.8. The van der Waals surface area contributed by atoms with Crippen molar-refractivity contribution in [3.8, 4) is 11.3 Å². The van der Waals surface area contributed by atoms with E-state index in [1.807, 2.05) is 17.1 Å². The number of thiazole rings is 1. The van der Waals surface area contributed by atoms with E-state index >= 15 is 0 Å². The number of hydrogen-bond donors (Lipinski definition) is 1. The average Bonchev–Trinajstić information content (AvgIpc) is 3.07. The van der Waals surface area contributed by atoms with Crippen LogP contribution in [-0.4, -0.2) is 14.8 Å². The maximum atomic E-state index is 6.62. The van der Waals surface area contributed by atoms with Gasteiger partial charge in [0.05, 0.1) is 17.4 Å². The molecule has 4 nitrogen and oxygen atoms in total. The third-order valence-electron chi connectivity index (χ3n) is 4.22. The summed E-state index contributed by atoms with van der Waals surface area (Å²) in [7, 11) is 0. The van der Waals surface area contributed by atoms with Crippen LogP contribution in [0.1, 0.15) is 44.5 Å². The molecule has 1 aliphatic rings. The lowest BCUT2D eigenvalue weighted by molar-refractivity contribution is 0.238. The zero-order valence-electron chi connectivity index (χ0n) is 12.2. The van der Waals surface area contributed by atoms with Crippen molar-refractivity contribution in [1.82, 2.24) is 14.8 Å². The molecule has 0 aromatic carbocycles. The summed E-state index contributed by atoms with van der Waals surface area (Å²) in [5.74, 6) is 0.698. The maximum absolute atomic E-state index is 6.62. The van der Waals surface area contributed by atoms with Crippen molar-refractivity contribution < 1.29 is 0 Å². The second kappa shape index (κ2) is 5.30. The topological polar surface area (TPSA) is 56.7 Å². The predicted molar refractivity (Wildman–Crippen MR) is 82.5 cm³/mol. The van der Waals surface area contributed by atoms with Crippen molar-refractivity contribution in [2.24, 2.45) is 11.7 Å². The Labute approximate surface area is 124 Å². The minimum absolute atomic E-state index is 0.221. The molecule has 1 fully saturated rings. The summed E-state index contributed by atoms with van der Waals surface area (Å²) in [6.07, 6.45) is 8.54. The lowest BCUT2D eigenvalue weighted by Crippen LogP contribution is -2.40. The molecule has 3 rings (SSSR count). The summed E-state index contributed by atoms with van der Waals surface area (Å²) in [5, 5.41) is 7.51. The first-order valence-electron chi connectivity index (χ1n) is 7.38. The van der Waals surface area contributed by atoms with Crippen LogP contribution >= 0.6 is 11.3 Å². The molecule has 2 atom stereocenters. The number of nitrogens with two attached hydrogens (primary N) is 1. The van der Waals surface area contributed by atoms with Crippen molar-refractivity contribution in [3.63, 3.8) is 0 Å². The molecule has 0 bridgehead atoms. The lowest BCUT2D eigenvalue weighted by atomic mass is 9.77. The maximum Gasteiger partial charge on any atom is 0.113 e. The van der Waals surface area contributed by atoms with Crippen molar-refractivity contribution in [2.75, 3.05) is 0 Å². The second-order valence-corrected chi connectivity index (χ2v) is 6.84. The van der Waals surface area contributed by atoms with Crippen LogP contribution in [-0.2, 0) is 12.1 Å². The molecular weight excluding hydrogens is 268 g/mol. The van der Waals surface area contributed by atoms with E-state index in [4.69, 9.17) is 10.7 Å². The van der Waals surface area contributed by atoms with E-state index in [1.165, 1.54) is 12.8 Å². The van der Waals surface area contributed by atoms with Crippen LogP contribution in [0, 0.1) is 5.92 Å². The van der Waals surface area contributed by atoms with E-state index < -0.39 is 0 Å². The molecule has 0 aliphatic heterocycles. The SMILES string of the molecule is CCn1cc(-c2csc(C3(N)CCCC(C)C3)n2)cn1. The molecule has 108 valence electrons. The Morgan fingerprint density at radius 3 is 3.10 bits per heavy atom. The Balaban J connectivity index is 1.86. The van der Waals surface area contributed by atoms with Crippen LogP contribution in [0.25, 0.3) is 11.3 Å². The second-order valence-electron chi connectivity index (χ2n) is 5.98. The smallest absolute Gasteiger partial charge is 0.113 e. The number of rotatable bonds is 3. The monoisotopic (exact) mass is 290 g/mol. The summed E-state index contributed by atoms with van der Waals surface area (Å²) in [4.78, 5) is 4.80. The minimum atomic E-state index is -0.221. The summed E-state index contributed by atoms with van der Waals surface area (Å²) in [5.41, 5.74) is 8.49. The van der Waals surface area contributed by atoms with Gasteiger partial charge in [0.25, 0.3) is 0 Å². The van der Waals surface area contributed by atoms with Gasteiger partial charge in [-0.3, -0.25) is 4.68 Å². The zero-order chi connectivity index (χ0) is 14.2. The summed E-state index contributed by atoms with van der Waals surface area (Å²) in [6, 6.07) is 0. The van der Waals surface area contributed by atoms with Crippen molar-refractivity contribution in [1.29, 1.82) is 0 Å². The molecule has 1 aliphatic carbocycles. The summed E-state index contributed by atoms with van der Waals surface area (Å²) in [6.45, 7) is 5.26. The number of aromatic nitrogens is 3. The van der Waals surface area contributed by atoms with Crippen LogP contribution in [0.5, 0.6) is 0 Å². The Morgan fingerprint density at radius 2 is 2.40 bits per heavy atom. The Hall–Kier alpha value is -1.20. The Kier molecular flexibility index (Phi) is 3.65. The first-order chi connectivity index (χ1) is 9.60. The van der Waals surface area contributed by atoms with Crippen LogP contribution in [0.15, 0.2) is 17.8 Å². The standard InChI is InChI=1S/C15H22N4S/c1-3-19-9-12(8-17-19)13-10-20-14(18-13)15(16)6-4-5-11(2)7-15/h8-11H,3-7,16H2,1-2H3. The molecule has 2 aromatic rings. The van der Waals surface area contributed by atoms with Crippen LogP contribution in [0.4, 0.5) is 0 Å². The molecule has 0 saturated heterocycles. The zero-order valence-corrected chi connectivity index (χ0v) is 13.0. The van der Waals surface area contributed by atoms with E-state index in [0.29, 0.717) is 5.92 Å². The van der Waals surface area contributed by atoms with Gasteiger partial charge in [-0.2, -0.15) is 5.10 Å². The van der Waals surface area contributed by atoms with Gasteiger partial charge in [0.2, 0.25) is 0 Å². The fraction of sp³-hybridized carbons (Fsp3) is 0.600. The number of nitrogens with zero attached hydrogens (tertiary/aromatic N) is 3. The molecule has 0 radical (unpaired) electrons. The van der Waals surface area contributed by atoms with Crippen molar-refractivity contribution in [3.05, 3.63) is 22.8 Å². The highest BCUT2D eigenvalue weighted by atomic mass is 32.1. The normalized spacial score (nSPS) is 26.9. The molecular formula is C15H22N4S. The first-order valence-corrected chi connectivity index (χ1v) is 8.26. The van der Waals surface area contributed by atoms with Gasteiger partial charge < -0.3 is 5.73 Å². The molecule has 2 N–H and O–H groups in total. The fourth-order valence-electron chi connectivity index (χ4n) is 3.09. The van der Waals surface area contributed by atoms with Crippen LogP contribution in [0.2, 0.25) is 0 Å². The molecule has 1 saturated carbocycles. The summed E-state index contributed by atoms with van der Waals surface area (Å²) < 4.78 is 1.93. The van der Waals surface area contributed by atoms with Gasteiger partial charge in [-0.1, -0.05) is 19.8 Å². The van der Waals surface area contributed by atoms with Gasteiger partial charge >= 0.3 is 0 Å². The van der Waals surface area contributed by atoms with E-state index in [0.717, 1.165) is 35.7 Å². The van der Waals surface area contributed by atoms with E-state index in [9.17, 15) is 0 Å². The van der Waals surface area contributed by atoms with Gasteiger partial charge in [0.1, 0.15) is 5.01 Å². The molecule has 2 heterocycles. The van der Waals surface area contributed by atoms with E-state index in [-0.39, 0.29) is 5.54 Å². The minimum Gasteiger partial charge on any atom is -0.319 e. The quantitative estimate of drug-likeness (QED) is 0.942. The van der Waals surface area contributed by atoms with Crippen molar-refractivity contribution in [2.45, 2.75) is 51.6 Å². The summed E-state index contributed by atoms with van der Waals surface area (Å²) >= 11 is 1.70. The van der Waals surface area contributed by atoms with Crippen LogP contribution < -0.4 is 5.73 Å². The van der Waals surface area contributed by atoms with Gasteiger partial charge in [0.15, 0.2) is 0 Å². The van der Waals surface area contributed by atoms with Crippen LogP contribution in [0.3, 0.4) is 0 Å². The highest BCUT2D eigenvalue weighted by Gasteiger charge is 2.35. The third kappa shape index (κ3) is 2.52. The van der Waals surface area contributed by atoms with Gasteiger partial charge in [-0.25, -0.2) is 4.98 Å². The fourth-order valence-corrected chi connectivity index (χ4v) is 4.07. The largest absolute Gasteiger partial charge is 0.319 e. The average molecular weight is 290 g/mol. The third-order valence-corrected chi connectivity index (χ3v) is 5.28. The molecule has 2 unspecified atom stereocenters. The highest BCUT2D eigenvalue weighted by molar-refractivity contribution is 7.10. The molecule has 5 heteroatoms. The van der Waals surface area contributed by atoms with Crippen molar-refractivity contribution >= 4 is 11.3 Å². The number of aryl methyl sites for hydroxylation is 1. The molecule has 20 heavy (non-hydrogen) atoms. The molecule has 0 spiro atoms. The number of hydrogen-bond acceptors (Lipinski definition) is 4. The Morgan fingerprint density at radius 1 is 1.55 bits per heavy atom. The molecule has 0 amide bonds. The molecule has 2 aromatic heterocycles. The van der Waals surface area contributed by atoms with E-state index in [1.54, 1.807) is 11.3 Å². The highest BCUT2D eigenvalue weighted by Crippen LogP contribution is 2.39.